The molecule has 5 fully saturated rings. The maximum Gasteiger partial charge on any atom is 0.256 e. The summed E-state index contributed by atoms with van der Waals surface area (Å²) in [5.74, 6) is 0.913. The van der Waals surface area contributed by atoms with E-state index in [0.717, 1.165) is 38.5 Å². The number of likely N-dealkylation sites (tertiary alicyclic amines) is 1. The van der Waals surface area contributed by atoms with Gasteiger partial charge >= 0.3 is 0 Å². The number of hydrogen-bond donors (Lipinski definition) is 2. The first kappa shape index (κ1) is 15.7. The Morgan fingerprint density at radius 2 is 2.04 bits per heavy atom. The van der Waals surface area contributed by atoms with E-state index in [1.54, 1.807) is 4.90 Å². The summed E-state index contributed by atoms with van der Waals surface area (Å²) >= 11 is 6.42. The van der Waals surface area contributed by atoms with Crippen molar-refractivity contribution in [2.24, 2.45) is 11.8 Å². The number of nitrogens with zero attached hydrogens (tertiary/aromatic N) is 2. The fourth-order valence-electron chi connectivity index (χ4n) is 6.02. The van der Waals surface area contributed by atoms with Gasteiger partial charge in [-0.05, 0) is 63.2 Å². The van der Waals surface area contributed by atoms with Gasteiger partial charge in [0, 0.05) is 12.1 Å². The van der Waals surface area contributed by atoms with E-state index < -0.39 is 11.1 Å². The van der Waals surface area contributed by atoms with Crippen LogP contribution >= 0.6 is 11.6 Å². The minimum Gasteiger partial charge on any atom is -0.390 e. The molecule has 3 unspecified atom stereocenters. The fraction of sp³-hybridized carbons (Fsp3) is 0.882. The third-order valence-corrected chi connectivity index (χ3v) is 6.66. The number of aliphatic hydroxyl groups is 1. The Bertz CT molecular complexity index is 547. The molecular weight excluding hydrogens is 314 g/mol. The van der Waals surface area contributed by atoms with Crippen LogP contribution in [0.5, 0.6) is 0 Å². The third-order valence-electron chi connectivity index (χ3n) is 6.36. The van der Waals surface area contributed by atoms with Gasteiger partial charge in [0.05, 0.1) is 11.7 Å². The molecule has 5 aliphatic rings. The summed E-state index contributed by atoms with van der Waals surface area (Å²) in [6.07, 6.45) is 7.31. The molecule has 5 rings (SSSR count). The molecule has 1 aliphatic heterocycles. The number of rotatable bonds is 3. The molecule has 6 heteroatoms. The SMILES string of the molecule is N#C[C@@H]1CCCN1C(=O)C(Cl)NC12CC3CC(CC(O)(C3)C1)C2. The first-order valence-electron chi connectivity index (χ1n) is 8.76. The summed E-state index contributed by atoms with van der Waals surface area (Å²) in [5.41, 5.74) is -1.58. The van der Waals surface area contributed by atoms with Gasteiger partial charge in [-0.15, -0.1) is 0 Å². The number of nitrogens with one attached hydrogen (secondary N) is 1. The second-order valence-corrected chi connectivity index (χ2v) is 8.73. The minimum atomic E-state index is -0.802. The molecular formula is C17H24ClN3O2. The van der Waals surface area contributed by atoms with Gasteiger partial charge in [-0.3, -0.25) is 10.1 Å². The number of halogens is 1. The van der Waals surface area contributed by atoms with E-state index in [0.29, 0.717) is 24.8 Å². The Hall–Kier alpha value is -0.830. The molecule has 1 amide bonds. The number of carbonyl (C=O) groups excluding carboxylic acids is 1. The predicted octanol–water partition coefficient (Wildman–Crippen LogP) is 1.74. The summed E-state index contributed by atoms with van der Waals surface area (Å²) in [6.45, 7) is 0.615. The highest BCUT2D eigenvalue weighted by Crippen LogP contribution is 2.57. The fourth-order valence-corrected chi connectivity index (χ4v) is 6.38. The molecule has 0 radical (unpaired) electrons. The smallest absolute Gasteiger partial charge is 0.256 e. The van der Waals surface area contributed by atoms with Crippen LogP contribution in [0, 0.1) is 23.2 Å². The van der Waals surface area contributed by atoms with Crippen LogP contribution < -0.4 is 5.32 Å². The lowest BCUT2D eigenvalue weighted by atomic mass is 9.51. The van der Waals surface area contributed by atoms with Crippen molar-refractivity contribution in [3.05, 3.63) is 0 Å². The Balaban J connectivity index is 1.47. The summed E-state index contributed by atoms with van der Waals surface area (Å²) in [7, 11) is 0. The highest BCUT2D eigenvalue weighted by Gasteiger charge is 2.57. The summed E-state index contributed by atoms with van der Waals surface area (Å²) in [4.78, 5) is 14.2. The molecule has 0 spiro atoms. The van der Waals surface area contributed by atoms with Crippen molar-refractivity contribution >= 4 is 17.5 Å². The number of carbonyl (C=O) groups is 1. The van der Waals surface area contributed by atoms with Crippen molar-refractivity contribution in [3.8, 4) is 6.07 Å². The molecule has 23 heavy (non-hydrogen) atoms. The quantitative estimate of drug-likeness (QED) is 0.607. The maximum atomic E-state index is 12.6. The molecule has 4 aliphatic carbocycles. The minimum absolute atomic E-state index is 0.182. The third kappa shape index (κ3) is 2.65. The second kappa shape index (κ2) is 5.34. The molecule has 1 heterocycles. The number of hydrogen-bond acceptors (Lipinski definition) is 4. The number of amides is 1. The Morgan fingerprint density at radius 3 is 2.65 bits per heavy atom. The van der Waals surface area contributed by atoms with Gasteiger partial charge < -0.3 is 10.0 Å². The van der Waals surface area contributed by atoms with E-state index >= 15 is 0 Å². The van der Waals surface area contributed by atoms with Crippen molar-refractivity contribution in [1.82, 2.24) is 10.2 Å². The molecule has 5 nitrogen and oxygen atoms in total. The zero-order chi connectivity index (χ0) is 16.2. The Labute approximate surface area is 142 Å². The maximum absolute atomic E-state index is 12.6. The summed E-state index contributed by atoms with van der Waals surface area (Å²) < 4.78 is 0. The summed E-state index contributed by atoms with van der Waals surface area (Å²) in [5, 5.41) is 23.3. The lowest BCUT2D eigenvalue weighted by Crippen LogP contribution is -2.66. The van der Waals surface area contributed by atoms with Crippen LogP contribution in [-0.4, -0.2) is 45.1 Å². The highest BCUT2D eigenvalue weighted by atomic mass is 35.5. The molecule has 1 saturated heterocycles. The van der Waals surface area contributed by atoms with Gasteiger partial charge in [0.1, 0.15) is 6.04 Å². The molecule has 4 bridgehead atoms. The van der Waals surface area contributed by atoms with Gasteiger partial charge in [0.25, 0.3) is 5.91 Å². The van der Waals surface area contributed by atoms with Gasteiger partial charge in [0.15, 0.2) is 5.50 Å². The molecule has 4 saturated carbocycles. The van der Waals surface area contributed by atoms with Crippen molar-refractivity contribution in [3.63, 3.8) is 0 Å². The number of nitriles is 1. The van der Waals surface area contributed by atoms with Gasteiger partial charge in [-0.1, -0.05) is 11.6 Å². The van der Waals surface area contributed by atoms with Crippen LogP contribution in [0.25, 0.3) is 0 Å². The van der Waals surface area contributed by atoms with Crippen molar-refractivity contribution < 1.29 is 9.90 Å². The zero-order valence-electron chi connectivity index (χ0n) is 13.3. The average Bonchev–Trinajstić information content (AvgIpc) is 2.91. The highest BCUT2D eigenvalue weighted by molar-refractivity contribution is 6.30. The molecule has 2 N–H and O–H groups in total. The average molecular weight is 338 g/mol. The van der Waals surface area contributed by atoms with Gasteiger partial charge in [0.2, 0.25) is 0 Å². The summed E-state index contributed by atoms with van der Waals surface area (Å²) in [6, 6.07) is 1.85. The van der Waals surface area contributed by atoms with Crippen molar-refractivity contribution in [1.29, 1.82) is 5.26 Å². The van der Waals surface area contributed by atoms with Crippen LogP contribution in [0.4, 0.5) is 0 Å². The largest absolute Gasteiger partial charge is 0.390 e. The van der Waals surface area contributed by atoms with E-state index in [1.165, 1.54) is 6.42 Å². The van der Waals surface area contributed by atoms with Crippen molar-refractivity contribution in [2.45, 2.75) is 74.0 Å². The zero-order valence-corrected chi connectivity index (χ0v) is 14.1. The predicted molar refractivity (Wildman–Crippen MR) is 85.5 cm³/mol. The van der Waals surface area contributed by atoms with Crippen LogP contribution in [-0.2, 0) is 4.79 Å². The monoisotopic (exact) mass is 337 g/mol. The molecule has 126 valence electrons. The standard InChI is InChI=1S/C17H24ClN3O2/c18-14(15(22)21-3-1-2-13(21)9-19)20-16-5-11-4-12(6-16)8-17(23,7-11)10-16/h11-14,20,23H,1-8,10H2/t11?,12?,13-,14?,16?,17?/m0/s1. The lowest BCUT2D eigenvalue weighted by Gasteiger charge is -2.60. The van der Waals surface area contributed by atoms with E-state index in [9.17, 15) is 9.90 Å². The molecule has 0 aromatic rings. The van der Waals surface area contributed by atoms with Gasteiger partial charge in [-0.2, -0.15) is 5.26 Å². The van der Waals surface area contributed by atoms with Crippen LogP contribution in [0.15, 0.2) is 0 Å². The normalized spacial score (nSPS) is 46.0. The van der Waals surface area contributed by atoms with Crippen LogP contribution in [0.2, 0.25) is 0 Å². The van der Waals surface area contributed by atoms with Crippen LogP contribution in [0.3, 0.4) is 0 Å². The lowest BCUT2D eigenvalue weighted by molar-refractivity contribution is -0.148. The van der Waals surface area contributed by atoms with E-state index in [2.05, 4.69) is 11.4 Å². The molecule has 0 aromatic heterocycles. The van der Waals surface area contributed by atoms with Gasteiger partial charge in [-0.25, -0.2) is 0 Å². The first-order chi connectivity index (χ1) is 10.9. The number of alkyl halides is 1. The molecule has 4 atom stereocenters. The van der Waals surface area contributed by atoms with E-state index in [1.807, 2.05) is 0 Å². The van der Waals surface area contributed by atoms with Crippen molar-refractivity contribution in [2.75, 3.05) is 6.54 Å². The van der Waals surface area contributed by atoms with Crippen LogP contribution in [0.1, 0.15) is 51.4 Å². The Morgan fingerprint density at radius 1 is 1.35 bits per heavy atom. The molecule has 0 aromatic carbocycles. The topological polar surface area (TPSA) is 76.4 Å². The van der Waals surface area contributed by atoms with E-state index in [4.69, 9.17) is 16.9 Å². The second-order valence-electron chi connectivity index (χ2n) is 8.29. The first-order valence-corrected chi connectivity index (χ1v) is 9.20. The van der Waals surface area contributed by atoms with E-state index in [-0.39, 0.29) is 17.5 Å². The Kier molecular flexibility index (Phi) is 3.64.